The predicted molar refractivity (Wildman–Crippen MR) is 123 cm³/mol. The van der Waals surface area contributed by atoms with Gasteiger partial charge in [-0.3, -0.25) is 0 Å². The van der Waals surface area contributed by atoms with Crippen molar-refractivity contribution in [2.45, 2.75) is 54.4 Å². The van der Waals surface area contributed by atoms with E-state index in [0.717, 1.165) is 13.0 Å². The number of H-pyrrole nitrogens is 1. The number of fused-ring (bicyclic) bond motifs is 2. The zero-order valence-electron chi connectivity index (χ0n) is 18.5. The topological polar surface area (TPSA) is 19.0 Å². The van der Waals surface area contributed by atoms with Gasteiger partial charge in [-0.1, -0.05) is 77.9 Å². The quantitative estimate of drug-likeness (QED) is 0.518. The van der Waals surface area contributed by atoms with E-state index in [-0.39, 0.29) is 0 Å². The van der Waals surface area contributed by atoms with Gasteiger partial charge >= 0.3 is 0 Å². The van der Waals surface area contributed by atoms with Gasteiger partial charge in [0, 0.05) is 35.9 Å². The molecule has 1 aliphatic rings. The number of para-hydroxylation sites is 2. The van der Waals surface area contributed by atoms with Gasteiger partial charge < -0.3 is 9.88 Å². The predicted octanol–water partition coefficient (Wildman–Crippen LogP) is 6.85. The first-order chi connectivity index (χ1) is 13.1. The number of hydrogen-bond acceptors (Lipinski definition) is 1. The van der Waals surface area contributed by atoms with Gasteiger partial charge in [0.15, 0.2) is 0 Å². The first-order valence-electron chi connectivity index (χ1n) is 10.5. The molecular weight excluding hydrogens is 340 g/mol. The summed E-state index contributed by atoms with van der Waals surface area (Å²) >= 11 is 0. The minimum absolute atomic E-state index is 0.352. The molecule has 2 heteroatoms. The van der Waals surface area contributed by atoms with Crippen molar-refractivity contribution in [3.05, 3.63) is 65.9 Å². The van der Waals surface area contributed by atoms with Crippen LogP contribution in [0.3, 0.4) is 0 Å². The van der Waals surface area contributed by atoms with E-state index in [0.29, 0.717) is 10.8 Å². The number of aromatic nitrogens is 1. The smallest absolute Gasteiger partial charge is 0.0456 e. The Balaban J connectivity index is 0.000000161. The molecule has 2 aromatic carbocycles. The van der Waals surface area contributed by atoms with Crippen LogP contribution in [0.4, 0.5) is 5.69 Å². The van der Waals surface area contributed by atoms with E-state index in [1.54, 1.807) is 0 Å². The number of nitrogens with zero attached hydrogens (tertiary/aromatic N) is 1. The highest BCUT2D eigenvalue weighted by atomic mass is 15.2. The summed E-state index contributed by atoms with van der Waals surface area (Å²) in [6, 6.07) is 17.3. The van der Waals surface area contributed by atoms with E-state index in [1.165, 1.54) is 40.7 Å². The van der Waals surface area contributed by atoms with Gasteiger partial charge in [-0.05, 0) is 46.9 Å². The van der Waals surface area contributed by atoms with Crippen molar-refractivity contribution in [3.63, 3.8) is 0 Å². The van der Waals surface area contributed by atoms with Crippen LogP contribution in [0.5, 0.6) is 0 Å². The molecule has 1 N–H and O–H groups in total. The third-order valence-corrected chi connectivity index (χ3v) is 5.04. The van der Waals surface area contributed by atoms with Crippen molar-refractivity contribution < 1.29 is 0 Å². The Labute approximate surface area is 171 Å². The average Bonchev–Trinajstić information content (AvgIpc) is 3.18. The zero-order chi connectivity index (χ0) is 20.4. The lowest BCUT2D eigenvalue weighted by molar-refractivity contribution is 0.412. The number of nitrogens with one attached hydrogen (secondary N) is 1. The maximum Gasteiger partial charge on any atom is 0.0456 e. The molecule has 0 saturated carbocycles. The fraction of sp³-hybridized carbons (Fsp3) is 0.462. The standard InChI is InChI=1S/C13H17N.C13H19N/c1-13(2,3)8-10-9-14-12-7-5-4-6-11(10)12;1-13(2,3)10-14-9-8-11-6-4-5-7-12(11)14/h4-7,9,14H,8H2,1-3H3;4-7H,8-10H2,1-3H3. The summed E-state index contributed by atoms with van der Waals surface area (Å²) in [6.45, 7) is 16.1. The molecule has 0 unspecified atom stereocenters. The fourth-order valence-corrected chi connectivity index (χ4v) is 3.99. The molecule has 0 amide bonds. The van der Waals surface area contributed by atoms with Crippen molar-refractivity contribution in [1.29, 1.82) is 0 Å². The van der Waals surface area contributed by atoms with Crippen LogP contribution in [0.1, 0.15) is 52.7 Å². The van der Waals surface area contributed by atoms with Gasteiger partial charge in [0.25, 0.3) is 0 Å². The van der Waals surface area contributed by atoms with Crippen LogP contribution < -0.4 is 4.90 Å². The summed E-state index contributed by atoms with van der Waals surface area (Å²) < 4.78 is 0. The molecule has 1 aliphatic heterocycles. The van der Waals surface area contributed by atoms with Crippen LogP contribution in [0.2, 0.25) is 0 Å². The summed E-state index contributed by atoms with van der Waals surface area (Å²) in [5.74, 6) is 0. The van der Waals surface area contributed by atoms with Crippen LogP contribution in [0, 0.1) is 10.8 Å². The molecule has 28 heavy (non-hydrogen) atoms. The van der Waals surface area contributed by atoms with Gasteiger partial charge in [-0.2, -0.15) is 0 Å². The molecular formula is C26H36N2. The third kappa shape index (κ3) is 5.41. The highest BCUT2D eigenvalue weighted by molar-refractivity contribution is 5.83. The summed E-state index contributed by atoms with van der Waals surface area (Å²) in [6.07, 6.45) is 4.47. The Hall–Kier alpha value is -2.22. The van der Waals surface area contributed by atoms with Crippen LogP contribution in [0.15, 0.2) is 54.7 Å². The first-order valence-corrected chi connectivity index (χ1v) is 10.5. The summed E-state index contributed by atoms with van der Waals surface area (Å²) in [5, 5.41) is 1.36. The van der Waals surface area contributed by atoms with Crippen molar-refractivity contribution in [1.82, 2.24) is 4.98 Å². The fourth-order valence-electron chi connectivity index (χ4n) is 3.99. The lowest BCUT2D eigenvalue weighted by atomic mass is 9.88. The summed E-state index contributed by atoms with van der Waals surface area (Å²) in [7, 11) is 0. The van der Waals surface area contributed by atoms with Crippen molar-refractivity contribution in [2.24, 2.45) is 10.8 Å². The molecule has 150 valence electrons. The second-order valence-electron chi connectivity index (χ2n) is 10.5. The highest BCUT2D eigenvalue weighted by Crippen LogP contribution is 2.30. The Morgan fingerprint density at radius 1 is 0.857 bits per heavy atom. The summed E-state index contributed by atoms with van der Waals surface area (Å²) in [4.78, 5) is 5.82. The van der Waals surface area contributed by atoms with Crippen LogP contribution in [0.25, 0.3) is 10.9 Å². The van der Waals surface area contributed by atoms with Crippen LogP contribution >= 0.6 is 0 Å². The van der Waals surface area contributed by atoms with E-state index in [2.05, 4.69) is 106 Å². The van der Waals surface area contributed by atoms with Gasteiger partial charge in [-0.15, -0.1) is 0 Å². The van der Waals surface area contributed by atoms with Crippen LogP contribution in [-0.4, -0.2) is 18.1 Å². The molecule has 4 rings (SSSR count). The number of aromatic amines is 1. The Bertz CT molecular complexity index is 906. The minimum atomic E-state index is 0.352. The molecule has 0 fully saturated rings. The highest BCUT2D eigenvalue weighted by Gasteiger charge is 2.22. The van der Waals surface area contributed by atoms with Crippen molar-refractivity contribution in [3.8, 4) is 0 Å². The molecule has 0 radical (unpaired) electrons. The van der Waals surface area contributed by atoms with E-state index < -0.39 is 0 Å². The van der Waals surface area contributed by atoms with E-state index >= 15 is 0 Å². The zero-order valence-corrected chi connectivity index (χ0v) is 18.5. The largest absolute Gasteiger partial charge is 0.370 e. The van der Waals surface area contributed by atoms with Gasteiger partial charge in [-0.25, -0.2) is 0 Å². The average molecular weight is 377 g/mol. The third-order valence-electron chi connectivity index (χ3n) is 5.04. The monoisotopic (exact) mass is 376 g/mol. The second kappa shape index (κ2) is 8.03. The molecule has 0 saturated heterocycles. The summed E-state index contributed by atoms with van der Waals surface area (Å²) in [5.41, 5.74) is 6.36. The van der Waals surface area contributed by atoms with Crippen molar-refractivity contribution in [2.75, 3.05) is 18.0 Å². The molecule has 3 aromatic rings. The van der Waals surface area contributed by atoms with Gasteiger partial charge in [0.05, 0.1) is 0 Å². The number of rotatable bonds is 2. The first kappa shape index (κ1) is 20.5. The minimum Gasteiger partial charge on any atom is -0.370 e. The molecule has 0 bridgehead atoms. The molecule has 0 atom stereocenters. The Morgan fingerprint density at radius 3 is 2.25 bits per heavy atom. The molecule has 0 spiro atoms. The number of benzene rings is 2. The van der Waals surface area contributed by atoms with Gasteiger partial charge in [0.2, 0.25) is 0 Å². The van der Waals surface area contributed by atoms with Crippen molar-refractivity contribution >= 4 is 16.6 Å². The van der Waals surface area contributed by atoms with E-state index in [4.69, 9.17) is 0 Å². The second-order valence-corrected chi connectivity index (χ2v) is 10.5. The van der Waals surface area contributed by atoms with E-state index in [9.17, 15) is 0 Å². The van der Waals surface area contributed by atoms with Gasteiger partial charge in [0.1, 0.15) is 0 Å². The number of anilines is 1. The number of hydrogen-bond donors (Lipinski definition) is 1. The Kier molecular flexibility index (Phi) is 5.88. The maximum absolute atomic E-state index is 3.31. The van der Waals surface area contributed by atoms with E-state index in [1.807, 2.05) is 0 Å². The Morgan fingerprint density at radius 2 is 1.54 bits per heavy atom. The normalized spacial score (nSPS) is 14.0. The lowest BCUT2D eigenvalue weighted by Gasteiger charge is -2.28. The molecule has 2 nitrogen and oxygen atoms in total. The SMILES string of the molecule is CC(C)(C)CN1CCc2ccccc21.CC(C)(C)Cc1c[nH]c2ccccc12. The van der Waals surface area contributed by atoms with Crippen LogP contribution in [-0.2, 0) is 12.8 Å². The lowest BCUT2D eigenvalue weighted by Crippen LogP contribution is -2.31. The molecule has 2 heterocycles. The maximum atomic E-state index is 3.31. The molecule has 0 aliphatic carbocycles. The molecule has 1 aromatic heterocycles.